The Morgan fingerprint density at radius 2 is 2.00 bits per heavy atom. The molecule has 1 saturated carbocycles. The first kappa shape index (κ1) is 14.3. The molecule has 2 unspecified atom stereocenters. The van der Waals surface area contributed by atoms with Gasteiger partial charge >= 0.3 is 0 Å². The fraction of sp³-hybridized carbons (Fsp3) is 0.933. The highest BCUT2D eigenvalue weighted by atomic mass is 16.3. The van der Waals surface area contributed by atoms with Crippen LogP contribution in [0.15, 0.2) is 0 Å². The molecule has 5 nitrogen and oxygen atoms in total. The van der Waals surface area contributed by atoms with Gasteiger partial charge in [0.25, 0.3) is 0 Å². The molecule has 0 aromatic heterocycles. The topological polar surface area (TPSA) is 64.6 Å². The highest BCUT2D eigenvalue weighted by molar-refractivity contribution is 5.82. The van der Waals surface area contributed by atoms with Crippen molar-refractivity contribution < 1.29 is 9.90 Å². The van der Waals surface area contributed by atoms with Crippen molar-refractivity contribution in [2.75, 3.05) is 26.2 Å². The van der Waals surface area contributed by atoms with E-state index in [-0.39, 0.29) is 18.1 Å². The van der Waals surface area contributed by atoms with Gasteiger partial charge in [-0.2, -0.15) is 0 Å². The SMILES string of the molecule is O=C(NCC(O)C1CC1)C1CCCN1C1CCNCC1. The highest BCUT2D eigenvalue weighted by Gasteiger charge is 2.36. The van der Waals surface area contributed by atoms with Crippen LogP contribution in [0.1, 0.15) is 38.5 Å². The van der Waals surface area contributed by atoms with Gasteiger partial charge in [-0.3, -0.25) is 9.69 Å². The summed E-state index contributed by atoms with van der Waals surface area (Å²) in [5.74, 6) is 0.556. The van der Waals surface area contributed by atoms with E-state index in [1.165, 1.54) is 0 Å². The number of hydrogen-bond donors (Lipinski definition) is 3. The van der Waals surface area contributed by atoms with E-state index in [0.29, 0.717) is 18.5 Å². The van der Waals surface area contributed by atoms with Crippen LogP contribution in [0.3, 0.4) is 0 Å². The third-order valence-electron chi connectivity index (χ3n) is 5.03. The average Bonchev–Trinajstić information content (AvgIpc) is 3.22. The van der Waals surface area contributed by atoms with Crippen LogP contribution in [0, 0.1) is 5.92 Å². The molecule has 2 heterocycles. The number of rotatable bonds is 5. The first-order valence-corrected chi connectivity index (χ1v) is 8.18. The van der Waals surface area contributed by atoms with Crippen molar-refractivity contribution in [2.24, 2.45) is 5.92 Å². The molecule has 0 spiro atoms. The molecule has 2 aliphatic heterocycles. The Balaban J connectivity index is 1.49. The summed E-state index contributed by atoms with van der Waals surface area (Å²) in [5.41, 5.74) is 0. The van der Waals surface area contributed by atoms with E-state index < -0.39 is 0 Å². The minimum atomic E-state index is -0.340. The van der Waals surface area contributed by atoms with Gasteiger partial charge in [-0.25, -0.2) is 0 Å². The molecule has 2 saturated heterocycles. The number of aliphatic hydroxyl groups excluding tert-OH is 1. The number of carbonyl (C=O) groups is 1. The van der Waals surface area contributed by atoms with Crippen LogP contribution < -0.4 is 10.6 Å². The molecule has 0 radical (unpaired) electrons. The third-order valence-corrected chi connectivity index (χ3v) is 5.03. The largest absolute Gasteiger partial charge is 0.391 e. The number of likely N-dealkylation sites (tertiary alicyclic amines) is 1. The lowest BCUT2D eigenvalue weighted by Crippen LogP contribution is -2.51. The molecule has 114 valence electrons. The number of amides is 1. The van der Waals surface area contributed by atoms with E-state index >= 15 is 0 Å². The summed E-state index contributed by atoms with van der Waals surface area (Å²) in [6.45, 7) is 3.61. The van der Waals surface area contributed by atoms with Crippen molar-refractivity contribution in [3.63, 3.8) is 0 Å². The van der Waals surface area contributed by atoms with Crippen LogP contribution in [-0.4, -0.2) is 60.3 Å². The summed E-state index contributed by atoms with van der Waals surface area (Å²) >= 11 is 0. The monoisotopic (exact) mass is 281 g/mol. The molecule has 0 aromatic rings. The maximum absolute atomic E-state index is 12.4. The highest BCUT2D eigenvalue weighted by Crippen LogP contribution is 2.32. The fourth-order valence-corrected chi connectivity index (χ4v) is 3.62. The number of piperidine rings is 1. The molecule has 0 bridgehead atoms. The predicted molar refractivity (Wildman–Crippen MR) is 77.4 cm³/mol. The van der Waals surface area contributed by atoms with E-state index in [9.17, 15) is 9.90 Å². The van der Waals surface area contributed by atoms with Crippen molar-refractivity contribution in [1.82, 2.24) is 15.5 Å². The normalized spacial score (nSPS) is 30.4. The molecule has 1 aliphatic carbocycles. The van der Waals surface area contributed by atoms with E-state index in [1.54, 1.807) is 0 Å². The second-order valence-corrected chi connectivity index (χ2v) is 6.53. The minimum Gasteiger partial charge on any atom is -0.391 e. The zero-order valence-corrected chi connectivity index (χ0v) is 12.2. The van der Waals surface area contributed by atoms with Crippen molar-refractivity contribution in [2.45, 2.75) is 56.7 Å². The summed E-state index contributed by atoms with van der Waals surface area (Å²) in [4.78, 5) is 14.8. The zero-order chi connectivity index (χ0) is 13.9. The molecule has 2 atom stereocenters. The van der Waals surface area contributed by atoms with Crippen molar-refractivity contribution in [1.29, 1.82) is 0 Å². The maximum Gasteiger partial charge on any atom is 0.237 e. The number of carbonyl (C=O) groups excluding carboxylic acids is 1. The van der Waals surface area contributed by atoms with Crippen molar-refractivity contribution in [3.8, 4) is 0 Å². The second-order valence-electron chi connectivity index (χ2n) is 6.53. The van der Waals surface area contributed by atoms with E-state index in [0.717, 1.165) is 58.2 Å². The van der Waals surface area contributed by atoms with Gasteiger partial charge < -0.3 is 15.7 Å². The molecule has 20 heavy (non-hydrogen) atoms. The van der Waals surface area contributed by atoms with E-state index in [2.05, 4.69) is 15.5 Å². The van der Waals surface area contributed by atoms with Gasteiger partial charge in [0, 0.05) is 12.6 Å². The van der Waals surface area contributed by atoms with Gasteiger partial charge in [0.05, 0.1) is 12.1 Å². The Bertz CT molecular complexity index is 340. The van der Waals surface area contributed by atoms with Crippen LogP contribution in [0.4, 0.5) is 0 Å². The van der Waals surface area contributed by atoms with Crippen LogP contribution in [0.2, 0.25) is 0 Å². The summed E-state index contributed by atoms with van der Waals surface area (Å²) < 4.78 is 0. The van der Waals surface area contributed by atoms with Gasteiger partial charge in [0.15, 0.2) is 0 Å². The Morgan fingerprint density at radius 3 is 2.70 bits per heavy atom. The van der Waals surface area contributed by atoms with Gasteiger partial charge in [-0.05, 0) is 64.1 Å². The molecule has 1 amide bonds. The van der Waals surface area contributed by atoms with Gasteiger partial charge in [0.2, 0.25) is 5.91 Å². The summed E-state index contributed by atoms with van der Waals surface area (Å²) in [6, 6.07) is 0.590. The first-order chi connectivity index (χ1) is 9.75. The summed E-state index contributed by atoms with van der Waals surface area (Å²) in [5, 5.41) is 16.2. The second kappa shape index (κ2) is 6.41. The molecule has 3 fully saturated rings. The smallest absolute Gasteiger partial charge is 0.237 e. The number of nitrogens with zero attached hydrogens (tertiary/aromatic N) is 1. The molecule has 5 heteroatoms. The summed E-state index contributed by atoms with van der Waals surface area (Å²) in [6.07, 6.45) is 6.27. The third kappa shape index (κ3) is 3.32. The molecular weight excluding hydrogens is 254 g/mol. The van der Waals surface area contributed by atoms with Gasteiger partial charge in [-0.1, -0.05) is 0 Å². The van der Waals surface area contributed by atoms with Crippen LogP contribution in [0.25, 0.3) is 0 Å². The lowest BCUT2D eigenvalue weighted by Gasteiger charge is -2.35. The number of nitrogens with one attached hydrogen (secondary N) is 2. The minimum absolute atomic E-state index is 0.0319. The first-order valence-electron chi connectivity index (χ1n) is 8.18. The number of hydrogen-bond acceptors (Lipinski definition) is 4. The fourth-order valence-electron chi connectivity index (χ4n) is 3.62. The van der Waals surface area contributed by atoms with Crippen LogP contribution >= 0.6 is 0 Å². The Hall–Kier alpha value is -0.650. The average molecular weight is 281 g/mol. The Kier molecular flexibility index (Phi) is 4.58. The van der Waals surface area contributed by atoms with Crippen LogP contribution in [-0.2, 0) is 4.79 Å². The van der Waals surface area contributed by atoms with Crippen molar-refractivity contribution in [3.05, 3.63) is 0 Å². The Labute approximate surface area is 121 Å². The molecule has 0 aromatic carbocycles. The number of aliphatic hydroxyl groups is 1. The molecule has 3 N–H and O–H groups in total. The van der Waals surface area contributed by atoms with E-state index in [1.807, 2.05) is 0 Å². The van der Waals surface area contributed by atoms with Gasteiger partial charge in [0.1, 0.15) is 0 Å². The van der Waals surface area contributed by atoms with Crippen molar-refractivity contribution >= 4 is 5.91 Å². The predicted octanol–water partition coefficient (Wildman–Crippen LogP) is 0.0899. The molecular formula is C15H27N3O2. The quantitative estimate of drug-likeness (QED) is 0.668. The lowest BCUT2D eigenvalue weighted by atomic mass is 10.0. The van der Waals surface area contributed by atoms with E-state index in [4.69, 9.17) is 0 Å². The Morgan fingerprint density at radius 1 is 1.25 bits per heavy atom. The molecule has 3 aliphatic rings. The summed E-state index contributed by atoms with van der Waals surface area (Å²) in [7, 11) is 0. The maximum atomic E-state index is 12.4. The standard InChI is InChI=1S/C15H27N3O2/c19-14(11-3-4-11)10-17-15(20)13-2-1-9-18(13)12-5-7-16-8-6-12/h11-14,16,19H,1-10H2,(H,17,20). The lowest BCUT2D eigenvalue weighted by molar-refractivity contribution is -0.126. The zero-order valence-electron chi connectivity index (χ0n) is 12.2. The van der Waals surface area contributed by atoms with Crippen LogP contribution in [0.5, 0.6) is 0 Å². The van der Waals surface area contributed by atoms with Gasteiger partial charge in [-0.15, -0.1) is 0 Å². The molecule has 3 rings (SSSR count).